The van der Waals surface area contributed by atoms with Gasteiger partial charge in [-0.05, 0) is 12.8 Å². The molecular weight excluding hydrogens is 460 g/mol. The highest BCUT2D eigenvalue weighted by Crippen LogP contribution is 2.26. The summed E-state index contributed by atoms with van der Waals surface area (Å²) >= 11 is 0. The van der Waals surface area contributed by atoms with Crippen molar-refractivity contribution >= 4 is 23.6 Å². The Morgan fingerprint density at radius 2 is 1.29 bits per heavy atom. The second kappa shape index (κ2) is 13.7. The van der Waals surface area contributed by atoms with E-state index in [9.17, 15) is 36.7 Å². The highest BCUT2D eigenvalue weighted by atomic mass is 19.2. The number of amides is 2. The second-order valence-corrected chi connectivity index (χ2v) is 8.19. The molecule has 1 aliphatic carbocycles. The van der Waals surface area contributed by atoms with Gasteiger partial charge in [0, 0.05) is 24.8 Å². The molecule has 1 saturated carbocycles. The van der Waals surface area contributed by atoms with Gasteiger partial charge in [-0.1, -0.05) is 38.5 Å². The molecule has 0 unspecified atom stereocenters. The molecule has 0 spiro atoms. The van der Waals surface area contributed by atoms with Crippen molar-refractivity contribution in [3.05, 3.63) is 29.3 Å². The van der Waals surface area contributed by atoms with Crippen LogP contribution < -0.4 is 15.4 Å². The average molecular weight is 488 g/mol. The van der Waals surface area contributed by atoms with Crippen molar-refractivity contribution < 1.29 is 41.5 Å². The fourth-order valence-electron chi connectivity index (χ4n) is 3.69. The summed E-state index contributed by atoms with van der Waals surface area (Å²) in [6, 6.07) is -0.0426. The Morgan fingerprint density at radius 1 is 0.765 bits per heavy atom. The molecule has 7 nitrogen and oxygen atoms in total. The first-order chi connectivity index (χ1) is 16.2. The lowest BCUT2D eigenvalue weighted by molar-refractivity contribution is -0.136. The summed E-state index contributed by atoms with van der Waals surface area (Å²) in [5.41, 5.74) is 0. The fraction of sp³-hybridized carbons (Fsp3) is 0.565. The quantitative estimate of drug-likeness (QED) is 0.240. The van der Waals surface area contributed by atoms with E-state index in [0.717, 1.165) is 38.5 Å². The van der Waals surface area contributed by atoms with Crippen LogP contribution in [-0.4, -0.2) is 36.7 Å². The molecule has 2 N–H and O–H groups in total. The normalized spacial score (nSPS) is 14.9. The third-order valence-electron chi connectivity index (χ3n) is 5.57. The van der Waals surface area contributed by atoms with Gasteiger partial charge < -0.3 is 15.4 Å². The summed E-state index contributed by atoms with van der Waals surface area (Å²) in [5.74, 6) is -11.6. The molecule has 0 bridgehead atoms. The maximum absolute atomic E-state index is 13.5. The molecule has 11 heteroatoms. The third-order valence-corrected chi connectivity index (χ3v) is 5.57. The number of Topliss-reactive ketones (excluding diaryl/α,β-unsaturated/α-hetero) is 1. The standard InChI is InChI=1S/C23H28F4N2O5/c24-15-11-16(25)22(27)23(21(15)26)34-20(33)13-29-19(32)12-28-18(31)10-9-17(30)14-7-5-3-1-2-4-6-8-14/h11,14H,1-10,12-13H2,(H,28,31)(H,29,32). The van der Waals surface area contributed by atoms with Gasteiger partial charge in [-0.3, -0.25) is 14.4 Å². The number of ether oxygens (including phenoxy) is 1. The van der Waals surface area contributed by atoms with Gasteiger partial charge in [0.15, 0.2) is 11.6 Å². The molecule has 188 valence electrons. The second-order valence-electron chi connectivity index (χ2n) is 8.19. The minimum absolute atomic E-state index is 0.0393. The van der Waals surface area contributed by atoms with Crippen molar-refractivity contribution in [1.82, 2.24) is 10.6 Å². The highest BCUT2D eigenvalue weighted by Gasteiger charge is 2.23. The first-order valence-electron chi connectivity index (χ1n) is 11.3. The number of benzene rings is 1. The number of carbonyl (C=O) groups excluding carboxylic acids is 4. The zero-order chi connectivity index (χ0) is 25.1. The van der Waals surface area contributed by atoms with Gasteiger partial charge in [0.1, 0.15) is 12.3 Å². The van der Waals surface area contributed by atoms with E-state index in [1.165, 1.54) is 12.8 Å². The van der Waals surface area contributed by atoms with Crippen molar-refractivity contribution in [2.24, 2.45) is 5.92 Å². The lowest BCUT2D eigenvalue weighted by Gasteiger charge is -2.14. The highest BCUT2D eigenvalue weighted by molar-refractivity contribution is 5.89. The Morgan fingerprint density at radius 3 is 1.88 bits per heavy atom. The van der Waals surface area contributed by atoms with Crippen molar-refractivity contribution in [3.8, 4) is 5.75 Å². The molecule has 2 amide bonds. The van der Waals surface area contributed by atoms with Gasteiger partial charge >= 0.3 is 5.97 Å². The monoisotopic (exact) mass is 488 g/mol. The summed E-state index contributed by atoms with van der Waals surface area (Å²) < 4.78 is 57.5. The van der Waals surface area contributed by atoms with E-state index >= 15 is 0 Å². The number of ketones is 1. The number of esters is 1. The SMILES string of the molecule is O=C(CCC(=O)C1CCCCCCCC1)NCC(=O)NCC(=O)Oc1c(F)c(F)cc(F)c1F. The van der Waals surface area contributed by atoms with E-state index in [1.807, 2.05) is 5.32 Å². The van der Waals surface area contributed by atoms with Gasteiger partial charge in [0.25, 0.3) is 0 Å². The first-order valence-corrected chi connectivity index (χ1v) is 11.3. The van der Waals surface area contributed by atoms with Crippen molar-refractivity contribution in [3.63, 3.8) is 0 Å². The van der Waals surface area contributed by atoms with E-state index in [2.05, 4.69) is 10.1 Å². The van der Waals surface area contributed by atoms with Crippen LogP contribution in [0.25, 0.3) is 0 Å². The summed E-state index contributed by atoms with van der Waals surface area (Å²) in [7, 11) is 0. The Kier molecular flexibility index (Phi) is 11.0. The van der Waals surface area contributed by atoms with E-state index in [-0.39, 0.29) is 30.6 Å². The lowest BCUT2D eigenvalue weighted by atomic mass is 9.90. The number of hydrogen-bond donors (Lipinski definition) is 2. The van der Waals surface area contributed by atoms with Crippen LogP contribution in [0.15, 0.2) is 6.07 Å². The number of carbonyl (C=O) groups is 4. The molecule has 34 heavy (non-hydrogen) atoms. The maximum Gasteiger partial charge on any atom is 0.331 e. The Hall–Kier alpha value is -2.98. The molecule has 1 aromatic carbocycles. The predicted molar refractivity (Wildman–Crippen MR) is 113 cm³/mol. The average Bonchev–Trinajstić information content (AvgIpc) is 2.95. The topological polar surface area (TPSA) is 102 Å². The number of hydrogen-bond acceptors (Lipinski definition) is 5. The third kappa shape index (κ3) is 8.75. The van der Waals surface area contributed by atoms with Crippen LogP contribution in [0.1, 0.15) is 64.2 Å². The molecule has 0 atom stereocenters. The van der Waals surface area contributed by atoms with Gasteiger partial charge in [-0.15, -0.1) is 0 Å². The molecular formula is C23H28F4N2O5. The molecule has 1 aliphatic rings. The Balaban J connectivity index is 1.69. The van der Waals surface area contributed by atoms with Crippen LogP contribution in [0, 0.1) is 29.2 Å². The van der Waals surface area contributed by atoms with Crippen molar-refractivity contribution in [2.45, 2.75) is 64.2 Å². The summed E-state index contributed by atoms with van der Waals surface area (Å²) in [4.78, 5) is 47.8. The van der Waals surface area contributed by atoms with Crippen molar-refractivity contribution in [1.29, 1.82) is 0 Å². The first kappa shape index (κ1) is 27.3. The summed E-state index contributed by atoms with van der Waals surface area (Å²) in [5, 5.41) is 4.34. The Labute approximate surface area is 194 Å². The van der Waals surface area contributed by atoms with Crippen LogP contribution in [0.3, 0.4) is 0 Å². The smallest absolute Gasteiger partial charge is 0.331 e. The largest absolute Gasteiger partial charge is 0.419 e. The van der Waals surface area contributed by atoms with Crippen LogP contribution in [0.4, 0.5) is 17.6 Å². The van der Waals surface area contributed by atoms with E-state index in [0.29, 0.717) is 0 Å². The number of nitrogens with one attached hydrogen (secondary N) is 2. The van der Waals surface area contributed by atoms with Gasteiger partial charge in [-0.25, -0.2) is 13.6 Å². The van der Waals surface area contributed by atoms with Crippen molar-refractivity contribution in [2.75, 3.05) is 13.1 Å². The van der Waals surface area contributed by atoms with Crippen LogP contribution >= 0.6 is 0 Å². The maximum atomic E-state index is 13.5. The van der Waals surface area contributed by atoms with E-state index in [1.54, 1.807) is 0 Å². The minimum atomic E-state index is -1.89. The molecule has 0 saturated heterocycles. The summed E-state index contributed by atoms with van der Waals surface area (Å²) in [6.45, 7) is -1.38. The molecule has 0 heterocycles. The molecule has 2 rings (SSSR count). The van der Waals surface area contributed by atoms with E-state index < -0.39 is 59.9 Å². The molecule has 1 fully saturated rings. The minimum Gasteiger partial charge on any atom is -0.419 e. The number of rotatable bonds is 9. The van der Waals surface area contributed by atoms with Crippen LogP contribution in [-0.2, 0) is 19.2 Å². The predicted octanol–water partition coefficient (Wildman–Crippen LogP) is 3.48. The number of halogens is 4. The lowest BCUT2D eigenvalue weighted by Crippen LogP contribution is -2.40. The zero-order valence-corrected chi connectivity index (χ0v) is 18.7. The van der Waals surface area contributed by atoms with Crippen LogP contribution in [0.2, 0.25) is 0 Å². The molecule has 0 radical (unpaired) electrons. The van der Waals surface area contributed by atoms with Gasteiger partial charge in [-0.2, -0.15) is 8.78 Å². The van der Waals surface area contributed by atoms with Gasteiger partial charge in [0.05, 0.1) is 6.54 Å². The fourth-order valence-corrected chi connectivity index (χ4v) is 3.69. The molecule has 0 aromatic heterocycles. The molecule has 0 aliphatic heterocycles. The van der Waals surface area contributed by atoms with E-state index in [4.69, 9.17) is 0 Å². The summed E-state index contributed by atoms with van der Waals surface area (Å²) in [6.07, 6.45) is 8.23. The van der Waals surface area contributed by atoms with Crippen LogP contribution in [0.5, 0.6) is 5.75 Å². The van der Waals surface area contributed by atoms with Gasteiger partial charge in [0.2, 0.25) is 29.2 Å². The molecule has 1 aromatic rings. The zero-order valence-electron chi connectivity index (χ0n) is 18.7. The Bertz CT molecular complexity index is 874.